The van der Waals surface area contributed by atoms with Gasteiger partial charge in [-0.25, -0.2) is 0 Å². The van der Waals surface area contributed by atoms with E-state index in [0.717, 1.165) is 13.1 Å². The fraction of sp³-hybridized carbons (Fsp3) is 0.611. The van der Waals surface area contributed by atoms with Gasteiger partial charge in [-0.1, -0.05) is 0 Å². The fourth-order valence-corrected chi connectivity index (χ4v) is 3.63. The lowest BCUT2D eigenvalue weighted by atomic mass is 10.0. The van der Waals surface area contributed by atoms with E-state index in [1.165, 1.54) is 12.8 Å². The van der Waals surface area contributed by atoms with Crippen molar-refractivity contribution in [3.63, 3.8) is 0 Å². The number of β-amino-alcohol motifs (C(OH)–C–C–N with tert-alkyl or cyclic N) is 1. The second kappa shape index (κ2) is 6.99. The van der Waals surface area contributed by atoms with Crippen LogP contribution in [-0.4, -0.2) is 73.4 Å². The van der Waals surface area contributed by atoms with Crippen LogP contribution in [-0.2, 0) is 0 Å². The molecule has 2 fully saturated rings. The summed E-state index contributed by atoms with van der Waals surface area (Å²) in [7, 11) is 3.13. The Bertz CT molecular complexity index is 578. The number of likely N-dealkylation sites (tertiary alicyclic amines) is 2. The van der Waals surface area contributed by atoms with Gasteiger partial charge in [0, 0.05) is 24.7 Å². The molecule has 0 radical (unpaired) electrons. The molecule has 6 heteroatoms. The van der Waals surface area contributed by atoms with Gasteiger partial charge in [-0.3, -0.25) is 4.79 Å². The molecule has 0 aliphatic carbocycles. The maximum atomic E-state index is 12.8. The lowest BCUT2D eigenvalue weighted by molar-refractivity contribution is 0.0175. The molecule has 1 N–H and O–H groups in total. The van der Waals surface area contributed by atoms with Crippen LogP contribution in [0.15, 0.2) is 18.2 Å². The molecule has 3 rings (SSSR count). The summed E-state index contributed by atoms with van der Waals surface area (Å²) in [5, 5.41) is 10.8. The first-order chi connectivity index (χ1) is 11.5. The Kier molecular flexibility index (Phi) is 4.96. The van der Waals surface area contributed by atoms with Crippen LogP contribution in [0, 0.1) is 0 Å². The second-order valence-corrected chi connectivity index (χ2v) is 6.79. The molecular weight excluding hydrogens is 308 g/mol. The van der Waals surface area contributed by atoms with Crippen LogP contribution < -0.4 is 9.47 Å². The zero-order valence-corrected chi connectivity index (χ0v) is 14.5. The molecule has 0 unspecified atom stereocenters. The average Bonchev–Trinajstić information content (AvgIpc) is 3.23. The first kappa shape index (κ1) is 17.0. The minimum absolute atomic E-state index is 0.0930. The summed E-state index contributed by atoms with van der Waals surface area (Å²) in [6.07, 6.45) is 3.01. The van der Waals surface area contributed by atoms with Gasteiger partial charge in [0.15, 0.2) is 0 Å². The topological polar surface area (TPSA) is 62.2 Å². The molecule has 1 amide bonds. The lowest BCUT2D eigenvalue weighted by Gasteiger charge is -2.28. The third-order valence-corrected chi connectivity index (χ3v) is 4.93. The van der Waals surface area contributed by atoms with Crippen molar-refractivity contribution in [3.05, 3.63) is 23.8 Å². The molecule has 1 aromatic rings. The van der Waals surface area contributed by atoms with Gasteiger partial charge in [0.2, 0.25) is 0 Å². The zero-order valence-electron chi connectivity index (χ0n) is 14.5. The third kappa shape index (κ3) is 3.65. The van der Waals surface area contributed by atoms with Crippen molar-refractivity contribution >= 4 is 5.91 Å². The molecule has 0 saturated carbocycles. The van der Waals surface area contributed by atoms with Gasteiger partial charge in [0.1, 0.15) is 11.5 Å². The number of methoxy groups -OCH3 is 2. The number of nitrogens with zero attached hydrogens (tertiary/aromatic N) is 2. The van der Waals surface area contributed by atoms with E-state index in [1.807, 2.05) is 0 Å². The van der Waals surface area contributed by atoms with Gasteiger partial charge in [-0.2, -0.15) is 0 Å². The standard InChI is InChI=1S/C18H26N2O4/c1-23-15-9-14(10-16(11-15)24-2)17(21)20-8-5-18(22,13-20)12-19-6-3-4-7-19/h9-11,22H,3-8,12-13H2,1-2H3/t18-/m1/s1. The van der Waals surface area contributed by atoms with Crippen molar-refractivity contribution in [2.45, 2.75) is 24.9 Å². The van der Waals surface area contributed by atoms with Crippen LogP contribution in [0.3, 0.4) is 0 Å². The summed E-state index contributed by atoms with van der Waals surface area (Å²) in [5.74, 6) is 1.08. The molecule has 132 valence electrons. The summed E-state index contributed by atoms with van der Waals surface area (Å²) in [6, 6.07) is 5.16. The first-order valence-corrected chi connectivity index (χ1v) is 8.50. The highest BCUT2D eigenvalue weighted by atomic mass is 16.5. The van der Waals surface area contributed by atoms with E-state index < -0.39 is 5.60 Å². The highest BCUT2D eigenvalue weighted by Gasteiger charge is 2.40. The van der Waals surface area contributed by atoms with E-state index in [4.69, 9.17) is 9.47 Å². The fourth-order valence-electron chi connectivity index (χ4n) is 3.63. The molecule has 2 saturated heterocycles. The normalized spacial score (nSPS) is 24.4. The minimum atomic E-state index is -0.803. The SMILES string of the molecule is COc1cc(OC)cc(C(=O)N2CC[C@@](O)(CN3CCCC3)C2)c1. The van der Waals surface area contributed by atoms with E-state index in [9.17, 15) is 9.90 Å². The number of ether oxygens (including phenoxy) is 2. The van der Waals surface area contributed by atoms with Gasteiger partial charge in [0.05, 0.1) is 26.4 Å². The Morgan fingerprint density at radius 2 is 1.75 bits per heavy atom. The molecule has 2 aliphatic rings. The minimum Gasteiger partial charge on any atom is -0.497 e. The van der Waals surface area contributed by atoms with Gasteiger partial charge >= 0.3 is 0 Å². The number of amides is 1. The van der Waals surface area contributed by atoms with Crippen LogP contribution in [0.5, 0.6) is 11.5 Å². The maximum absolute atomic E-state index is 12.8. The summed E-state index contributed by atoms with van der Waals surface area (Å²) in [4.78, 5) is 16.8. The quantitative estimate of drug-likeness (QED) is 0.881. The largest absolute Gasteiger partial charge is 0.497 e. The Morgan fingerprint density at radius 3 is 2.33 bits per heavy atom. The van der Waals surface area contributed by atoms with E-state index >= 15 is 0 Å². The number of carbonyl (C=O) groups is 1. The molecule has 2 aliphatic heterocycles. The highest BCUT2D eigenvalue weighted by Crippen LogP contribution is 2.28. The molecule has 1 atom stereocenters. The van der Waals surface area contributed by atoms with E-state index in [1.54, 1.807) is 37.3 Å². The van der Waals surface area contributed by atoms with Crippen LogP contribution in [0.4, 0.5) is 0 Å². The van der Waals surface area contributed by atoms with Crippen molar-refractivity contribution in [1.82, 2.24) is 9.80 Å². The van der Waals surface area contributed by atoms with Crippen molar-refractivity contribution in [1.29, 1.82) is 0 Å². The van der Waals surface area contributed by atoms with Crippen LogP contribution in [0.25, 0.3) is 0 Å². The molecule has 0 spiro atoms. The summed E-state index contributed by atoms with van der Waals surface area (Å²) >= 11 is 0. The van der Waals surface area contributed by atoms with E-state index in [0.29, 0.717) is 43.1 Å². The monoisotopic (exact) mass is 334 g/mol. The van der Waals surface area contributed by atoms with E-state index in [2.05, 4.69) is 4.90 Å². The molecule has 0 aromatic heterocycles. The smallest absolute Gasteiger partial charge is 0.254 e. The number of aliphatic hydroxyl groups is 1. The number of rotatable bonds is 5. The molecule has 2 heterocycles. The lowest BCUT2D eigenvalue weighted by Crippen LogP contribution is -2.45. The molecule has 24 heavy (non-hydrogen) atoms. The average molecular weight is 334 g/mol. The van der Waals surface area contributed by atoms with Gasteiger partial charge in [-0.05, 0) is 44.5 Å². The van der Waals surface area contributed by atoms with Crippen molar-refractivity contribution < 1.29 is 19.4 Å². The molecule has 1 aromatic carbocycles. The van der Waals surface area contributed by atoms with Gasteiger partial charge < -0.3 is 24.4 Å². The van der Waals surface area contributed by atoms with Crippen molar-refractivity contribution in [2.24, 2.45) is 0 Å². The van der Waals surface area contributed by atoms with Crippen molar-refractivity contribution in [2.75, 3.05) is 46.9 Å². The predicted octanol–water partition coefficient (Wildman–Crippen LogP) is 1.38. The summed E-state index contributed by atoms with van der Waals surface area (Å²) < 4.78 is 10.5. The van der Waals surface area contributed by atoms with Gasteiger partial charge in [0.25, 0.3) is 5.91 Å². The van der Waals surface area contributed by atoms with Crippen LogP contribution in [0.1, 0.15) is 29.6 Å². The van der Waals surface area contributed by atoms with Crippen LogP contribution >= 0.6 is 0 Å². The second-order valence-electron chi connectivity index (χ2n) is 6.79. The Balaban J connectivity index is 1.69. The first-order valence-electron chi connectivity index (χ1n) is 8.50. The number of benzene rings is 1. The zero-order chi connectivity index (χ0) is 17.2. The van der Waals surface area contributed by atoms with Crippen LogP contribution in [0.2, 0.25) is 0 Å². The Hall–Kier alpha value is -1.79. The van der Waals surface area contributed by atoms with E-state index in [-0.39, 0.29) is 5.91 Å². The maximum Gasteiger partial charge on any atom is 0.254 e. The number of carbonyl (C=O) groups excluding carboxylic acids is 1. The molecule has 6 nitrogen and oxygen atoms in total. The summed E-state index contributed by atoms with van der Waals surface area (Å²) in [6.45, 7) is 3.69. The third-order valence-electron chi connectivity index (χ3n) is 4.93. The Morgan fingerprint density at radius 1 is 1.12 bits per heavy atom. The summed E-state index contributed by atoms with van der Waals surface area (Å²) in [5.41, 5.74) is -0.278. The molecular formula is C18H26N2O4. The Labute approximate surface area is 143 Å². The van der Waals surface area contributed by atoms with Gasteiger partial charge in [-0.15, -0.1) is 0 Å². The number of hydrogen-bond donors (Lipinski definition) is 1. The highest BCUT2D eigenvalue weighted by molar-refractivity contribution is 5.95. The van der Waals surface area contributed by atoms with Crippen molar-refractivity contribution in [3.8, 4) is 11.5 Å². The molecule has 0 bridgehead atoms. The number of hydrogen-bond acceptors (Lipinski definition) is 5. The predicted molar refractivity (Wildman–Crippen MR) is 90.7 cm³/mol.